The van der Waals surface area contributed by atoms with Crippen LogP contribution in [0.2, 0.25) is 0 Å². The summed E-state index contributed by atoms with van der Waals surface area (Å²) in [6, 6.07) is 0. The molecule has 2 rings (SSSR count). The Morgan fingerprint density at radius 1 is 1.21 bits per heavy atom. The maximum absolute atomic E-state index is 11.5. The van der Waals surface area contributed by atoms with Gasteiger partial charge in [-0.2, -0.15) is 0 Å². The molecule has 80 valence electrons. The van der Waals surface area contributed by atoms with Gasteiger partial charge in [-0.15, -0.1) is 0 Å². The minimum absolute atomic E-state index is 0.388. The zero-order valence-corrected chi connectivity index (χ0v) is 9.68. The monoisotopic (exact) mass is 194 g/mol. The molecular formula is C13H22O. The van der Waals surface area contributed by atoms with Crippen LogP contribution in [-0.4, -0.2) is 5.78 Å². The fourth-order valence-electron chi connectivity index (χ4n) is 3.48. The lowest BCUT2D eigenvalue weighted by Gasteiger charge is -2.50. The van der Waals surface area contributed by atoms with Gasteiger partial charge < -0.3 is 0 Å². The minimum Gasteiger partial charge on any atom is -0.300 e. The van der Waals surface area contributed by atoms with Crippen molar-refractivity contribution in [2.45, 2.75) is 52.9 Å². The molecule has 0 aromatic heterocycles. The lowest BCUT2D eigenvalue weighted by molar-refractivity contribution is -0.127. The van der Waals surface area contributed by atoms with Gasteiger partial charge in [0.15, 0.2) is 0 Å². The number of carbonyl (C=O) groups excluding carboxylic acids is 1. The maximum Gasteiger partial charge on any atom is 0.133 e. The van der Waals surface area contributed by atoms with Crippen LogP contribution in [0.5, 0.6) is 0 Å². The van der Waals surface area contributed by atoms with E-state index in [0.29, 0.717) is 17.1 Å². The topological polar surface area (TPSA) is 17.1 Å². The minimum atomic E-state index is 0.388. The summed E-state index contributed by atoms with van der Waals surface area (Å²) < 4.78 is 0. The Balaban J connectivity index is 2.19. The summed E-state index contributed by atoms with van der Waals surface area (Å²) >= 11 is 0. The highest BCUT2D eigenvalue weighted by Gasteiger charge is 2.45. The van der Waals surface area contributed by atoms with Gasteiger partial charge in [-0.05, 0) is 42.4 Å². The maximum atomic E-state index is 11.5. The van der Waals surface area contributed by atoms with Crippen LogP contribution in [0.4, 0.5) is 0 Å². The van der Waals surface area contributed by atoms with Crippen molar-refractivity contribution in [3.05, 3.63) is 0 Å². The second-order valence-corrected chi connectivity index (χ2v) is 5.95. The van der Waals surface area contributed by atoms with Gasteiger partial charge in [0, 0.05) is 12.8 Å². The lowest BCUT2D eigenvalue weighted by Crippen LogP contribution is -2.43. The molecule has 2 saturated carbocycles. The molecule has 3 atom stereocenters. The highest BCUT2D eigenvalue weighted by atomic mass is 16.1. The van der Waals surface area contributed by atoms with Crippen LogP contribution in [-0.2, 0) is 4.79 Å². The average Bonchev–Trinajstić information content (AvgIpc) is 2.13. The molecule has 0 radical (unpaired) electrons. The van der Waals surface area contributed by atoms with E-state index in [1.54, 1.807) is 0 Å². The van der Waals surface area contributed by atoms with Crippen molar-refractivity contribution in [2.24, 2.45) is 23.2 Å². The van der Waals surface area contributed by atoms with E-state index in [1.807, 2.05) is 0 Å². The zero-order chi connectivity index (χ0) is 10.3. The van der Waals surface area contributed by atoms with Gasteiger partial charge in [-0.3, -0.25) is 4.79 Å². The van der Waals surface area contributed by atoms with E-state index in [4.69, 9.17) is 0 Å². The van der Waals surface area contributed by atoms with E-state index < -0.39 is 0 Å². The first kappa shape index (κ1) is 10.2. The average molecular weight is 194 g/mol. The van der Waals surface area contributed by atoms with Gasteiger partial charge in [0.1, 0.15) is 5.78 Å². The van der Waals surface area contributed by atoms with Crippen molar-refractivity contribution in [3.63, 3.8) is 0 Å². The second kappa shape index (κ2) is 3.36. The fourth-order valence-corrected chi connectivity index (χ4v) is 3.48. The Morgan fingerprint density at radius 2 is 1.93 bits per heavy atom. The highest BCUT2D eigenvalue weighted by Crippen LogP contribution is 2.52. The summed E-state index contributed by atoms with van der Waals surface area (Å²) in [5.74, 6) is 2.81. The molecule has 0 spiro atoms. The zero-order valence-electron chi connectivity index (χ0n) is 9.68. The molecule has 0 aromatic rings. The Bertz CT molecular complexity index is 242. The first-order valence-electron chi connectivity index (χ1n) is 6.03. The van der Waals surface area contributed by atoms with Crippen LogP contribution in [0.3, 0.4) is 0 Å². The predicted octanol–water partition coefficient (Wildman–Crippen LogP) is 3.43. The first-order valence-corrected chi connectivity index (χ1v) is 6.03. The van der Waals surface area contributed by atoms with E-state index in [-0.39, 0.29) is 0 Å². The molecule has 2 aliphatic rings. The number of rotatable bonds is 0. The molecule has 14 heavy (non-hydrogen) atoms. The molecule has 1 heteroatoms. The van der Waals surface area contributed by atoms with E-state index in [2.05, 4.69) is 20.8 Å². The van der Waals surface area contributed by atoms with Gasteiger partial charge in [-0.1, -0.05) is 20.8 Å². The van der Waals surface area contributed by atoms with Crippen LogP contribution < -0.4 is 0 Å². The summed E-state index contributed by atoms with van der Waals surface area (Å²) in [7, 11) is 0. The van der Waals surface area contributed by atoms with Crippen molar-refractivity contribution >= 4 is 5.78 Å². The predicted molar refractivity (Wildman–Crippen MR) is 58.0 cm³/mol. The summed E-state index contributed by atoms with van der Waals surface area (Å²) in [6.07, 6.45) is 5.61. The summed E-state index contributed by atoms with van der Waals surface area (Å²) in [5.41, 5.74) is 0.388. The normalized spacial score (nSPS) is 41.9. The Hall–Kier alpha value is -0.330. The van der Waals surface area contributed by atoms with Crippen LogP contribution in [0, 0.1) is 23.2 Å². The molecule has 0 aliphatic heterocycles. The fraction of sp³-hybridized carbons (Fsp3) is 0.923. The summed E-state index contributed by atoms with van der Waals surface area (Å²) in [4.78, 5) is 11.5. The quantitative estimate of drug-likeness (QED) is 0.577. The van der Waals surface area contributed by atoms with Crippen molar-refractivity contribution in [2.75, 3.05) is 0 Å². The van der Waals surface area contributed by atoms with Gasteiger partial charge in [-0.25, -0.2) is 0 Å². The van der Waals surface area contributed by atoms with Gasteiger partial charge in [0.05, 0.1) is 0 Å². The van der Waals surface area contributed by atoms with Crippen LogP contribution in [0.15, 0.2) is 0 Å². The summed E-state index contributed by atoms with van der Waals surface area (Å²) in [5, 5.41) is 0. The Morgan fingerprint density at radius 3 is 2.64 bits per heavy atom. The number of Topliss-reactive ketones (excluding diaryl/α,β-unsaturated/α-hetero) is 1. The molecule has 3 unspecified atom stereocenters. The smallest absolute Gasteiger partial charge is 0.133 e. The second-order valence-electron chi connectivity index (χ2n) is 5.95. The molecule has 0 heterocycles. The molecule has 0 amide bonds. The third kappa shape index (κ3) is 1.51. The molecule has 1 nitrogen and oxygen atoms in total. The van der Waals surface area contributed by atoms with Crippen molar-refractivity contribution < 1.29 is 4.79 Å². The van der Waals surface area contributed by atoms with Crippen LogP contribution >= 0.6 is 0 Å². The SMILES string of the molecule is CC1CCC2CCC(=O)CC2C1(C)C. The van der Waals surface area contributed by atoms with Crippen molar-refractivity contribution in [3.8, 4) is 0 Å². The first-order chi connectivity index (χ1) is 6.51. The number of carbonyl (C=O) groups is 1. The van der Waals surface area contributed by atoms with Crippen LogP contribution in [0.1, 0.15) is 52.9 Å². The van der Waals surface area contributed by atoms with Crippen molar-refractivity contribution in [1.29, 1.82) is 0 Å². The number of hydrogen-bond donors (Lipinski definition) is 0. The molecule has 2 fully saturated rings. The Kier molecular flexibility index (Phi) is 2.45. The number of fused-ring (bicyclic) bond motifs is 1. The van der Waals surface area contributed by atoms with E-state index >= 15 is 0 Å². The standard InChI is InChI=1S/C13H22O/c1-9-4-5-10-6-7-11(14)8-12(10)13(9,2)3/h9-10,12H,4-8H2,1-3H3. The number of hydrogen-bond acceptors (Lipinski definition) is 1. The lowest BCUT2D eigenvalue weighted by atomic mass is 9.55. The molecule has 0 N–H and O–H groups in total. The van der Waals surface area contributed by atoms with E-state index in [0.717, 1.165) is 24.7 Å². The van der Waals surface area contributed by atoms with E-state index in [1.165, 1.54) is 19.3 Å². The largest absolute Gasteiger partial charge is 0.300 e. The van der Waals surface area contributed by atoms with Gasteiger partial charge in [0.25, 0.3) is 0 Å². The molecule has 0 saturated heterocycles. The molecular weight excluding hydrogens is 172 g/mol. The summed E-state index contributed by atoms with van der Waals surface area (Å²) in [6.45, 7) is 7.09. The molecule has 0 aromatic carbocycles. The van der Waals surface area contributed by atoms with Gasteiger partial charge in [0.2, 0.25) is 0 Å². The molecule has 0 bridgehead atoms. The van der Waals surface area contributed by atoms with E-state index in [9.17, 15) is 4.79 Å². The third-order valence-electron chi connectivity index (χ3n) is 5.01. The molecule has 2 aliphatic carbocycles. The third-order valence-corrected chi connectivity index (χ3v) is 5.01. The van der Waals surface area contributed by atoms with Crippen molar-refractivity contribution in [1.82, 2.24) is 0 Å². The highest BCUT2D eigenvalue weighted by molar-refractivity contribution is 5.79. The van der Waals surface area contributed by atoms with Crippen LogP contribution in [0.25, 0.3) is 0 Å². The number of ketones is 1. The Labute approximate surface area is 87.3 Å². The van der Waals surface area contributed by atoms with Gasteiger partial charge >= 0.3 is 0 Å².